The summed E-state index contributed by atoms with van der Waals surface area (Å²) < 4.78 is 13.4. The Morgan fingerprint density at radius 2 is 1.96 bits per heavy atom. The average molecular weight is 386 g/mol. The third-order valence-electron chi connectivity index (χ3n) is 3.99. The number of benzene rings is 1. The molecule has 140 valence electrons. The lowest BCUT2D eigenvalue weighted by atomic mass is 10.0. The first kappa shape index (κ1) is 18.9. The van der Waals surface area contributed by atoms with E-state index < -0.39 is 18.1 Å². The number of carbonyl (C=O) groups is 1. The third kappa shape index (κ3) is 4.46. The van der Waals surface area contributed by atoms with Crippen molar-refractivity contribution >= 4 is 22.4 Å². The predicted octanol–water partition coefficient (Wildman–Crippen LogP) is 3.71. The van der Waals surface area contributed by atoms with E-state index >= 15 is 0 Å². The molecule has 27 heavy (non-hydrogen) atoms. The minimum absolute atomic E-state index is 0.0288. The van der Waals surface area contributed by atoms with Gasteiger partial charge in [-0.15, -0.1) is 11.3 Å². The molecule has 0 aliphatic carbocycles. The van der Waals surface area contributed by atoms with Crippen molar-refractivity contribution in [3.63, 3.8) is 0 Å². The van der Waals surface area contributed by atoms with Gasteiger partial charge in [-0.25, -0.2) is 14.1 Å². The number of alkyl halides is 1. The largest absolute Gasteiger partial charge is 0.296 e. The number of amides is 1. The molecular formula is C19H19FN4O2S. The van der Waals surface area contributed by atoms with Crippen molar-refractivity contribution in [1.29, 1.82) is 0 Å². The number of anilines is 1. The number of halogens is 1. The Labute approximate surface area is 159 Å². The van der Waals surface area contributed by atoms with Crippen LogP contribution in [0.15, 0.2) is 46.6 Å². The number of carbonyl (C=O) groups excluding carboxylic acids is 1. The van der Waals surface area contributed by atoms with Crippen molar-refractivity contribution in [2.75, 3.05) is 12.0 Å². The van der Waals surface area contributed by atoms with Gasteiger partial charge in [0.25, 0.3) is 11.5 Å². The van der Waals surface area contributed by atoms with Gasteiger partial charge in [-0.1, -0.05) is 38.1 Å². The van der Waals surface area contributed by atoms with E-state index in [4.69, 9.17) is 0 Å². The van der Waals surface area contributed by atoms with Gasteiger partial charge in [-0.05, 0) is 17.5 Å². The monoisotopic (exact) mass is 386 g/mol. The lowest BCUT2D eigenvalue weighted by Gasteiger charge is -2.05. The van der Waals surface area contributed by atoms with Crippen LogP contribution >= 0.6 is 11.3 Å². The van der Waals surface area contributed by atoms with Crippen molar-refractivity contribution in [3.8, 4) is 11.3 Å². The van der Waals surface area contributed by atoms with Crippen molar-refractivity contribution in [2.45, 2.75) is 26.3 Å². The Kier molecular flexibility index (Phi) is 5.75. The first-order valence-corrected chi connectivity index (χ1v) is 9.37. The second-order valence-corrected chi connectivity index (χ2v) is 7.10. The normalized spacial score (nSPS) is 11.0. The first-order valence-electron chi connectivity index (χ1n) is 8.49. The fourth-order valence-corrected chi connectivity index (χ4v) is 3.19. The van der Waals surface area contributed by atoms with Crippen molar-refractivity contribution in [3.05, 3.63) is 63.4 Å². The molecule has 3 rings (SSSR count). The Morgan fingerprint density at radius 3 is 2.63 bits per heavy atom. The molecule has 0 unspecified atom stereocenters. The minimum atomic E-state index is -0.733. The topological polar surface area (TPSA) is 76.9 Å². The van der Waals surface area contributed by atoms with E-state index in [0.29, 0.717) is 11.0 Å². The molecule has 6 nitrogen and oxygen atoms in total. The zero-order chi connectivity index (χ0) is 19.4. The van der Waals surface area contributed by atoms with E-state index in [1.54, 1.807) is 0 Å². The quantitative estimate of drug-likeness (QED) is 0.701. The Bertz CT molecular complexity index is 995. The number of aromatic nitrogens is 3. The highest BCUT2D eigenvalue weighted by Crippen LogP contribution is 2.26. The Morgan fingerprint density at radius 1 is 1.22 bits per heavy atom. The molecule has 0 atom stereocenters. The summed E-state index contributed by atoms with van der Waals surface area (Å²) in [6.45, 7) is 3.35. The molecular weight excluding hydrogens is 367 g/mol. The van der Waals surface area contributed by atoms with Crippen LogP contribution in [0.3, 0.4) is 0 Å². The van der Waals surface area contributed by atoms with E-state index in [9.17, 15) is 14.0 Å². The van der Waals surface area contributed by atoms with Crippen LogP contribution in [-0.2, 0) is 6.54 Å². The second kappa shape index (κ2) is 8.22. The molecule has 0 radical (unpaired) electrons. The van der Waals surface area contributed by atoms with Gasteiger partial charge in [0.05, 0.1) is 12.2 Å². The molecule has 8 heteroatoms. The summed E-state index contributed by atoms with van der Waals surface area (Å²) >= 11 is 1.30. The summed E-state index contributed by atoms with van der Waals surface area (Å²) in [6, 6.07) is 10.6. The van der Waals surface area contributed by atoms with Crippen LogP contribution in [0.5, 0.6) is 0 Å². The number of hydrogen-bond donors (Lipinski definition) is 1. The summed E-state index contributed by atoms with van der Waals surface area (Å²) in [5, 5.41) is 8.82. The molecule has 0 bridgehead atoms. The zero-order valence-corrected chi connectivity index (χ0v) is 15.8. The van der Waals surface area contributed by atoms with Crippen LogP contribution in [-0.4, -0.2) is 27.3 Å². The number of rotatable bonds is 6. The van der Waals surface area contributed by atoms with Crippen LogP contribution < -0.4 is 10.9 Å². The molecule has 0 spiro atoms. The van der Waals surface area contributed by atoms with Gasteiger partial charge in [0.2, 0.25) is 0 Å². The lowest BCUT2D eigenvalue weighted by molar-refractivity contribution is 0.101. The smallest absolute Gasteiger partial charge is 0.277 e. The van der Waals surface area contributed by atoms with E-state index in [0.717, 1.165) is 15.9 Å². The predicted molar refractivity (Wildman–Crippen MR) is 104 cm³/mol. The van der Waals surface area contributed by atoms with E-state index in [-0.39, 0.29) is 12.2 Å². The Balaban J connectivity index is 1.74. The summed E-state index contributed by atoms with van der Waals surface area (Å²) in [7, 11) is 0. The van der Waals surface area contributed by atoms with E-state index in [2.05, 4.69) is 41.4 Å². The standard InChI is InChI=1S/C19H19FN4O2S/c1-12(2)13-3-5-14(6-4-13)16-11-27-19(21-16)22-18(26)15-7-8-17(25)24(23-15)10-9-20/h3-8,11-12H,9-10H2,1-2H3,(H,21,22,26). The molecule has 1 N–H and O–H groups in total. The van der Waals surface area contributed by atoms with Crippen LogP contribution in [0.4, 0.5) is 9.52 Å². The maximum absolute atomic E-state index is 12.5. The maximum Gasteiger partial charge on any atom is 0.277 e. The second-order valence-electron chi connectivity index (χ2n) is 6.24. The van der Waals surface area contributed by atoms with Gasteiger partial charge in [0, 0.05) is 17.0 Å². The fraction of sp³-hybridized carbons (Fsp3) is 0.263. The van der Waals surface area contributed by atoms with Gasteiger partial charge in [0.1, 0.15) is 12.4 Å². The van der Waals surface area contributed by atoms with Crippen molar-refractivity contribution in [1.82, 2.24) is 14.8 Å². The molecule has 2 heterocycles. The van der Waals surface area contributed by atoms with Gasteiger partial charge in [-0.2, -0.15) is 5.10 Å². The van der Waals surface area contributed by atoms with Crippen LogP contribution in [0.2, 0.25) is 0 Å². The van der Waals surface area contributed by atoms with Gasteiger partial charge < -0.3 is 0 Å². The van der Waals surface area contributed by atoms with Crippen molar-refractivity contribution < 1.29 is 9.18 Å². The molecule has 0 aliphatic rings. The maximum atomic E-state index is 12.5. The molecule has 0 saturated heterocycles. The summed E-state index contributed by atoms with van der Waals surface area (Å²) in [5.41, 5.74) is 2.55. The van der Waals surface area contributed by atoms with Gasteiger partial charge >= 0.3 is 0 Å². The average Bonchev–Trinajstić information content (AvgIpc) is 3.12. The summed E-state index contributed by atoms with van der Waals surface area (Å²) in [4.78, 5) is 28.3. The highest BCUT2D eigenvalue weighted by molar-refractivity contribution is 7.14. The minimum Gasteiger partial charge on any atom is -0.296 e. The number of nitrogens with one attached hydrogen (secondary N) is 1. The molecule has 0 fully saturated rings. The molecule has 0 saturated carbocycles. The van der Waals surface area contributed by atoms with Gasteiger partial charge in [-0.3, -0.25) is 14.9 Å². The van der Waals surface area contributed by atoms with Crippen LogP contribution in [0, 0.1) is 0 Å². The van der Waals surface area contributed by atoms with Crippen molar-refractivity contribution in [2.24, 2.45) is 0 Å². The summed E-state index contributed by atoms with van der Waals surface area (Å²) in [5.74, 6) is -0.0452. The highest BCUT2D eigenvalue weighted by atomic mass is 32.1. The zero-order valence-electron chi connectivity index (χ0n) is 15.0. The fourth-order valence-electron chi connectivity index (χ4n) is 2.47. The van der Waals surface area contributed by atoms with Crippen LogP contribution in [0.25, 0.3) is 11.3 Å². The third-order valence-corrected chi connectivity index (χ3v) is 4.75. The SMILES string of the molecule is CC(C)c1ccc(-c2csc(NC(=O)c3ccc(=O)n(CCF)n3)n2)cc1. The van der Waals surface area contributed by atoms with E-state index in [1.807, 2.05) is 17.5 Å². The van der Waals surface area contributed by atoms with E-state index in [1.165, 1.54) is 29.0 Å². The summed E-state index contributed by atoms with van der Waals surface area (Å²) in [6.07, 6.45) is 0. The number of thiazole rings is 1. The molecule has 2 aromatic heterocycles. The van der Waals surface area contributed by atoms with Crippen LogP contribution in [0.1, 0.15) is 35.8 Å². The molecule has 1 aromatic carbocycles. The van der Waals surface area contributed by atoms with Gasteiger partial charge in [0.15, 0.2) is 5.13 Å². The molecule has 3 aromatic rings. The lowest BCUT2D eigenvalue weighted by Crippen LogP contribution is -2.26. The number of aryl methyl sites for hydroxylation is 1. The number of hydrogen-bond acceptors (Lipinski definition) is 5. The molecule has 0 aliphatic heterocycles. The number of nitrogens with zero attached hydrogens (tertiary/aromatic N) is 3. The highest BCUT2D eigenvalue weighted by Gasteiger charge is 2.13. The molecule has 1 amide bonds. The first-order chi connectivity index (χ1) is 13.0. The Hall–Kier alpha value is -2.87.